The van der Waals surface area contributed by atoms with Gasteiger partial charge < -0.3 is 19.7 Å². The van der Waals surface area contributed by atoms with Crippen LogP contribution >= 0.6 is 12.2 Å². The second-order valence-electron chi connectivity index (χ2n) is 6.34. The zero-order valence-electron chi connectivity index (χ0n) is 15.4. The van der Waals surface area contributed by atoms with Gasteiger partial charge >= 0.3 is 0 Å². The Morgan fingerprint density at radius 3 is 2.62 bits per heavy atom. The van der Waals surface area contributed by atoms with Gasteiger partial charge in [-0.05, 0) is 38.2 Å². The molecule has 0 aromatic carbocycles. The average Bonchev–Trinajstić information content (AvgIpc) is 2.66. The fourth-order valence-corrected chi connectivity index (χ4v) is 3.18. The quantitative estimate of drug-likeness (QED) is 0.826. The minimum atomic E-state index is 0.206. The van der Waals surface area contributed by atoms with Gasteiger partial charge in [0.2, 0.25) is 5.88 Å². The van der Waals surface area contributed by atoms with E-state index in [0.29, 0.717) is 11.0 Å². The summed E-state index contributed by atoms with van der Waals surface area (Å²) in [5, 5.41) is 3.95. The number of thiocarbonyl (C=S) groups is 1. The molecule has 0 bridgehead atoms. The van der Waals surface area contributed by atoms with Crippen LogP contribution in [0.15, 0.2) is 30.6 Å². The van der Waals surface area contributed by atoms with E-state index in [1.807, 2.05) is 25.1 Å². The van der Waals surface area contributed by atoms with E-state index in [4.69, 9.17) is 21.7 Å². The highest BCUT2D eigenvalue weighted by atomic mass is 32.1. The summed E-state index contributed by atoms with van der Waals surface area (Å²) in [4.78, 5) is 10.6. The number of hydrogen-bond acceptors (Lipinski definition) is 5. The highest BCUT2D eigenvalue weighted by Gasteiger charge is 2.23. The fourth-order valence-electron chi connectivity index (χ4n) is 2.88. The molecule has 1 saturated heterocycles. The van der Waals surface area contributed by atoms with Crippen molar-refractivity contribution >= 4 is 23.0 Å². The number of likely N-dealkylation sites (tertiary alicyclic amines) is 1. The first-order chi connectivity index (χ1) is 12.6. The number of methoxy groups -OCH3 is 1. The van der Waals surface area contributed by atoms with Gasteiger partial charge in [0.15, 0.2) is 5.11 Å². The number of aromatic nitrogens is 2. The van der Waals surface area contributed by atoms with Gasteiger partial charge in [0, 0.05) is 49.5 Å². The van der Waals surface area contributed by atoms with E-state index in [1.165, 1.54) is 0 Å². The Morgan fingerprint density at radius 1 is 1.19 bits per heavy atom. The van der Waals surface area contributed by atoms with Crippen LogP contribution in [0.2, 0.25) is 0 Å². The number of ether oxygens (including phenoxy) is 2. The summed E-state index contributed by atoms with van der Waals surface area (Å²) in [5.41, 5.74) is 2.98. The van der Waals surface area contributed by atoms with Crippen LogP contribution in [0.1, 0.15) is 24.1 Å². The number of nitrogens with zero attached hydrogens (tertiary/aromatic N) is 3. The molecule has 0 saturated carbocycles. The highest BCUT2D eigenvalue weighted by Crippen LogP contribution is 2.24. The molecule has 138 valence electrons. The molecule has 0 aliphatic carbocycles. The van der Waals surface area contributed by atoms with E-state index in [2.05, 4.69) is 27.1 Å². The van der Waals surface area contributed by atoms with Gasteiger partial charge in [-0.1, -0.05) is 0 Å². The maximum atomic E-state index is 6.18. The number of hydrogen-bond donors (Lipinski definition) is 1. The number of piperidine rings is 1. The molecule has 0 unspecified atom stereocenters. The second-order valence-corrected chi connectivity index (χ2v) is 6.73. The van der Waals surface area contributed by atoms with Crippen LogP contribution in [0.25, 0.3) is 0 Å². The van der Waals surface area contributed by atoms with E-state index in [-0.39, 0.29) is 6.10 Å². The number of anilines is 1. The third-order valence-electron chi connectivity index (χ3n) is 4.63. The van der Waals surface area contributed by atoms with Crippen LogP contribution in [0.3, 0.4) is 0 Å². The van der Waals surface area contributed by atoms with Gasteiger partial charge in [0.25, 0.3) is 0 Å². The van der Waals surface area contributed by atoms with Crippen LogP contribution in [0, 0.1) is 13.8 Å². The van der Waals surface area contributed by atoms with Crippen molar-refractivity contribution in [1.29, 1.82) is 0 Å². The van der Waals surface area contributed by atoms with Crippen LogP contribution in [0.4, 0.5) is 5.69 Å². The lowest BCUT2D eigenvalue weighted by molar-refractivity contribution is 0.131. The number of pyridine rings is 2. The summed E-state index contributed by atoms with van der Waals surface area (Å²) in [7, 11) is 1.60. The molecule has 2 aromatic heterocycles. The molecule has 1 aliphatic rings. The molecule has 0 spiro atoms. The fraction of sp³-hybridized carbons (Fsp3) is 0.421. The van der Waals surface area contributed by atoms with Gasteiger partial charge in [-0.2, -0.15) is 0 Å². The van der Waals surface area contributed by atoms with Crippen LogP contribution in [0.5, 0.6) is 11.6 Å². The largest absolute Gasteiger partial charge is 0.490 e. The zero-order valence-corrected chi connectivity index (χ0v) is 16.2. The van der Waals surface area contributed by atoms with Gasteiger partial charge in [0.1, 0.15) is 11.9 Å². The SMILES string of the molecule is COc1ccc(NC(=S)N2CCC(Oc3ccnc(C)c3C)CC2)cn1. The molecule has 3 rings (SSSR count). The number of aryl methyl sites for hydroxylation is 1. The molecule has 26 heavy (non-hydrogen) atoms. The third-order valence-corrected chi connectivity index (χ3v) is 4.99. The monoisotopic (exact) mass is 372 g/mol. The van der Waals surface area contributed by atoms with Crippen molar-refractivity contribution in [2.75, 3.05) is 25.5 Å². The van der Waals surface area contributed by atoms with Crippen molar-refractivity contribution < 1.29 is 9.47 Å². The van der Waals surface area contributed by atoms with Gasteiger partial charge in [-0.25, -0.2) is 4.98 Å². The highest BCUT2D eigenvalue weighted by molar-refractivity contribution is 7.80. The van der Waals surface area contributed by atoms with Crippen molar-refractivity contribution in [2.45, 2.75) is 32.8 Å². The van der Waals surface area contributed by atoms with Crippen molar-refractivity contribution in [2.24, 2.45) is 0 Å². The predicted molar refractivity (Wildman–Crippen MR) is 106 cm³/mol. The Hall–Kier alpha value is -2.41. The average molecular weight is 372 g/mol. The molecule has 2 aromatic rings. The van der Waals surface area contributed by atoms with E-state index < -0.39 is 0 Å². The smallest absolute Gasteiger partial charge is 0.213 e. The molecule has 0 atom stereocenters. The maximum absolute atomic E-state index is 6.18. The number of rotatable bonds is 4. The van der Waals surface area contributed by atoms with E-state index >= 15 is 0 Å². The Labute approximate surface area is 159 Å². The summed E-state index contributed by atoms with van der Waals surface area (Å²) in [6.45, 7) is 5.78. The van der Waals surface area contributed by atoms with Crippen LogP contribution in [-0.2, 0) is 0 Å². The normalized spacial score (nSPS) is 14.8. The standard InChI is InChI=1S/C19H24N4O2S/c1-13-14(2)20-9-6-17(13)25-16-7-10-23(11-8-16)19(26)22-15-4-5-18(24-3)21-12-15/h4-6,9,12,16H,7-8,10-11H2,1-3H3,(H,22,26). The minimum Gasteiger partial charge on any atom is -0.490 e. The van der Waals surface area contributed by atoms with E-state index in [0.717, 1.165) is 48.6 Å². The molecule has 6 nitrogen and oxygen atoms in total. The number of nitrogens with one attached hydrogen (secondary N) is 1. The van der Waals surface area contributed by atoms with Crippen molar-refractivity contribution in [1.82, 2.24) is 14.9 Å². The van der Waals surface area contributed by atoms with E-state index in [9.17, 15) is 0 Å². The first-order valence-corrected chi connectivity index (χ1v) is 9.12. The molecule has 3 heterocycles. The summed E-state index contributed by atoms with van der Waals surface area (Å²) in [6, 6.07) is 5.66. The van der Waals surface area contributed by atoms with Crippen molar-refractivity contribution in [3.05, 3.63) is 41.9 Å². The molecular weight excluding hydrogens is 348 g/mol. The summed E-state index contributed by atoms with van der Waals surface area (Å²) < 4.78 is 11.3. The predicted octanol–water partition coefficient (Wildman–Crippen LogP) is 3.34. The Bertz CT molecular complexity index is 759. The topological polar surface area (TPSA) is 59.5 Å². The molecule has 0 amide bonds. The molecule has 1 N–H and O–H groups in total. The first kappa shape index (κ1) is 18.4. The van der Waals surface area contributed by atoms with Crippen molar-refractivity contribution in [3.63, 3.8) is 0 Å². The van der Waals surface area contributed by atoms with Gasteiger partial charge in [-0.15, -0.1) is 0 Å². The van der Waals surface area contributed by atoms with Gasteiger partial charge in [0.05, 0.1) is 19.0 Å². The van der Waals surface area contributed by atoms with Crippen molar-refractivity contribution in [3.8, 4) is 11.6 Å². The Morgan fingerprint density at radius 2 is 1.96 bits per heavy atom. The lowest BCUT2D eigenvalue weighted by Gasteiger charge is -2.34. The minimum absolute atomic E-state index is 0.206. The first-order valence-electron chi connectivity index (χ1n) is 8.71. The molecule has 1 fully saturated rings. The molecule has 0 radical (unpaired) electrons. The second kappa shape index (κ2) is 8.31. The summed E-state index contributed by atoms with van der Waals surface area (Å²) in [5.74, 6) is 1.52. The van der Waals surface area contributed by atoms with E-state index in [1.54, 1.807) is 19.5 Å². The summed E-state index contributed by atoms with van der Waals surface area (Å²) in [6.07, 6.45) is 5.59. The maximum Gasteiger partial charge on any atom is 0.213 e. The lowest BCUT2D eigenvalue weighted by atomic mass is 10.1. The summed E-state index contributed by atoms with van der Waals surface area (Å²) >= 11 is 5.53. The zero-order chi connectivity index (χ0) is 18.5. The third kappa shape index (κ3) is 4.40. The van der Waals surface area contributed by atoms with Crippen LogP contribution < -0.4 is 14.8 Å². The van der Waals surface area contributed by atoms with Gasteiger partial charge in [-0.3, -0.25) is 4.98 Å². The Kier molecular flexibility index (Phi) is 5.88. The Balaban J connectivity index is 1.51. The van der Waals surface area contributed by atoms with Crippen LogP contribution in [-0.4, -0.2) is 46.3 Å². The molecular formula is C19H24N4O2S. The lowest BCUT2D eigenvalue weighted by Crippen LogP contribution is -2.43. The molecule has 7 heteroatoms. The molecule has 1 aliphatic heterocycles.